The lowest BCUT2D eigenvalue weighted by Gasteiger charge is -2.23. The maximum atomic E-state index is 2.72. The standard InChI is InChI=1S/C21H46N2/c1-5-8-10-11-12-13-14-15-16-20-23(19-9-6-2)21-17-18-22(4)7-3/h5-21H2,1-4H3. The fourth-order valence-corrected chi connectivity index (χ4v) is 3.09. The van der Waals surface area contributed by atoms with Gasteiger partial charge in [0, 0.05) is 0 Å². The zero-order valence-electron chi connectivity index (χ0n) is 16.9. The SMILES string of the molecule is CCCCCCCCCCCN(CCCC)CCCN(C)CC. The van der Waals surface area contributed by atoms with Crippen molar-refractivity contribution in [2.24, 2.45) is 0 Å². The summed E-state index contributed by atoms with van der Waals surface area (Å²) in [6, 6.07) is 0. The van der Waals surface area contributed by atoms with Crippen LogP contribution in [0.5, 0.6) is 0 Å². The summed E-state index contributed by atoms with van der Waals surface area (Å²) in [5.74, 6) is 0. The molecule has 0 rings (SSSR count). The lowest BCUT2D eigenvalue weighted by atomic mass is 10.1. The van der Waals surface area contributed by atoms with E-state index in [1.807, 2.05) is 0 Å². The van der Waals surface area contributed by atoms with E-state index in [0.717, 1.165) is 0 Å². The van der Waals surface area contributed by atoms with E-state index in [-0.39, 0.29) is 0 Å². The van der Waals surface area contributed by atoms with E-state index in [9.17, 15) is 0 Å². The van der Waals surface area contributed by atoms with Crippen molar-refractivity contribution in [1.82, 2.24) is 9.80 Å². The van der Waals surface area contributed by atoms with Crippen LogP contribution in [0.1, 0.15) is 97.8 Å². The van der Waals surface area contributed by atoms with Crippen LogP contribution in [0, 0.1) is 0 Å². The Bertz CT molecular complexity index is 218. The van der Waals surface area contributed by atoms with Gasteiger partial charge in [-0.2, -0.15) is 0 Å². The van der Waals surface area contributed by atoms with Crippen LogP contribution >= 0.6 is 0 Å². The van der Waals surface area contributed by atoms with E-state index in [1.165, 1.54) is 110 Å². The van der Waals surface area contributed by atoms with Crippen molar-refractivity contribution >= 4 is 0 Å². The molecule has 0 radical (unpaired) electrons. The van der Waals surface area contributed by atoms with Gasteiger partial charge in [0.15, 0.2) is 0 Å². The Morgan fingerprint density at radius 1 is 0.478 bits per heavy atom. The van der Waals surface area contributed by atoms with Crippen molar-refractivity contribution in [3.05, 3.63) is 0 Å². The highest BCUT2D eigenvalue weighted by molar-refractivity contribution is 4.60. The van der Waals surface area contributed by atoms with Gasteiger partial charge in [0.05, 0.1) is 0 Å². The third-order valence-corrected chi connectivity index (χ3v) is 4.96. The van der Waals surface area contributed by atoms with Gasteiger partial charge in [0.2, 0.25) is 0 Å². The minimum absolute atomic E-state index is 1.17. The molecule has 0 saturated heterocycles. The van der Waals surface area contributed by atoms with E-state index in [1.54, 1.807) is 0 Å². The molecule has 0 aromatic carbocycles. The van der Waals surface area contributed by atoms with Crippen LogP contribution in [-0.4, -0.2) is 49.6 Å². The first-order valence-corrected chi connectivity index (χ1v) is 10.6. The first kappa shape index (κ1) is 22.9. The molecule has 23 heavy (non-hydrogen) atoms. The largest absolute Gasteiger partial charge is 0.307 e. The van der Waals surface area contributed by atoms with Crippen molar-refractivity contribution in [3.63, 3.8) is 0 Å². The minimum atomic E-state index is 1.17. The van der Waals surface area contributed by atoms with Crippen molar-refractivity contribution < 1.29 is 0 Å². The average molecular weight is 327 g/mol. The fourth-order valence-electron chi connectivity index (χ4n) is 3.09. The minimum Gasteiger partial charge on any atom is -0.307 e. The monoisotopic (exact) mass is 326 g/mol. The van der Waals surface area contributed by atoms with Crippen LogP contribution in [0.4, 0.5) is 0 Å². The second kappa shape index (κ2) is 18.3. The first-order chi connectivity index (χ1) is 11.2. The molecule has 0 heterocycles. The average Bonchev–Trinajstić information content (AvgIpc) is 2.57. The predicted molar refractivity (Wildman–Crippen MR) is 106 cm³/mol. The molecule has 0 saturated carbocycles. The summed E-state index contributed by atoms with van der Waals surface area (Å²) in [6.45, 7) is 13.2. The molecule has 0 N–H and O–H groups in total. The van der Waals surface area contributed by atoms with Gasteiger partial charge in [-0.1, -0.05) is 78.6 Å². The van der Waals surface area contributed by atoms with E-state index < -0.39 is 0 Å². The van der Waals surface area contributed by atoms with Crippen LogP contribution < -0.4 is 0 Å². The molecular formula is C21H46N2. The third-order valence-electron chi connectivity index (χ3n) is 4.96. The zero-order chi connectivity index (χ0) is 17.2. The van der Waals surface area contributed by atoms with Gasteiger partial charge < -0.3 is 9.80 Å². The summed E-state index contributed by atoms with van der Waals surface area (Å²) in [7, 11) is 2.23. The highest BCUT2D eigenvalue weighted by atomic mass is 15.1. The van der Waals surface area contributed by atoms with Gasteiger partial charge in [-0.25, -0.2) is 0 Å². The van der Waals surface area contributed by atoms with E-state index in [4.69, 9.17) is 0 Å². The zero-order valence-corrected chi connectivity index (χ0v) is 16.9. The molecule has 0 fully saturated rings. The first-order valence-electron chi connectivity index (χ1n) is 10.6. The van der Waals surface area contributed by atoms with Gasteiger partial charge in [0.25, 0.3) is 0 Å². The van der Waals surface area contributed by atoms with E-state index in [0.29, 0.717) is 0 Å². The molecule has 2 heteroatoms. The van der Waals surface area contributed by atoms with Gasteiger partial charge >= 0.3 is 0 Å². The molecule has 0 atom stereocenters. The Kier molecular flexibility index (Phi) is 18.2. The highest BCUT2D eigenvalue weighted by Gasteiger charge is 2.05. The van der Waals surface area contributed by atoms with Crippen molar-refractivity contribution in [3.8, 4) is 0 Å². The molecule has 0 aliphatic carbocycles. The van der Waals surface area contributed by atoms with Gasteiger partial charge in [-0.05, 0) is 59.0 Å². The second-order valence-electron chi connectivity index (χ2n) is 7.27. The maximum absolute atomic E-state index is 2.72. The molecule has 0 aliphatic heterocycles. The van der Waals surface area contributed by atoms with Crippen LogP contribution in [0.3, 0.4) is 0 Å². The smallest absolute Gasteiger partial charge is 0.000655 e. The van der Waals surface area contributed by atoms with Gasteiger partial charge in [-0.3, -0.25) is 0 Å². The second-order valence-corrected chi connectivity index (χ2v) is 7.27. The summed E-state index contributed by atoms with van der Waals surface area (Å²) in [6.07, 6.45) is 16.9. The Labute approximate surface area is 148 Å². The third kappa shape index (κ3) is 16.6. The van der Waals surface area contributed by atoms with E-state index >= 15 is 0 Å². The van der Waals surface area contributed by atoms with Crippen LogP contribution in [-0.2, 0) is 0 Å². The summed E-state index contributed by atoms with van der Waals surface area (Å²) in [5, 5.41) is 0. The molecular weight excluding hydrogens is 280 g/mol. The number of hydrogen-bond donors (Lipinski definition) is 0. The van der Waals surface area contributed by atoms with E-state index in [2.05, 4.69) is 37.6 Å². The normalized spacial score (nSPS) is 11.7. The molecule has 0 aliphatic rings. The fraction of sp³-hybridized carbons (Fsp3) is 1.00. The number of unbranched alkanes of at least 4 members (excludes halogenated alkanes) is 9. The Hall–Kier alpha value is -0.0800. The maximum Gasteiger partial charge on any atom is -0.000655 e. The number of rotatable bonds is 18. The van der Waals surface area contributed by atoms with Crippen LogP contribution in [0.15, 0.2) is 0 Å². The quantitative estimate of drug-likeness (QED) is 0.287. The Balaban J connectivity index is 3.59. The van der Waals surface area contributed by atoms with Gasteiger partial charge in [-0.15, -0.1) is 0 Å². The number of nitrogens with zero attached hydrogens (tertiary/aromatic N) is 2. The molecule has 0 spiro atoms. The molecule has 0 unspecified atom stereocenters. The van der Waals surface area contributed by atoms with Crippen molar-refractivity contribution in [1.29, 1.82) is 0 Å². The van der Waals surface area contributed by atoms with Gasteiger partial charge in [0.1, 0.15) is 0 Å². The lowest BCUT2D eigenvalue weighted by molar-refractivity contribution is 0.240. The predicted octanol–water partition coefficient (Wildman–Crippen LogP) is 5.96. The molecule has 2 nitrogen and oxygen atoms in total. The van der Waals surface area contributed by atoms with Crippen molar-refractivity contribution in [2.75, 3.05) is 39.8 Å². The summed E-state index contributed by atoms with van der Waals surface area (Å²) in [4.78, 5) is 5.14. The summed E-state index contributed by atoms with van der Waals surface area (Å²) < 4.78 is 0. The Morgan fingerprint density at radius 2 is 0.957 bits per heavy atom. The lowest BCUT2D eigenvalue weighted by Crippen LogP contribution is -2.30. The molecule has 0 bridgehead atoms. The Morgan fingerprint density at radius 3 is 1.52 bits per heavy atom. The summed E-state index contributed by atoms with van der Waals surface area (Å²) in [5.41, 5.74) is 0. The summed E-state index contributed by atoms with van der Waals surface area (Å²) >= 11 is 0. The topological polar surface area (TPSA) is 6.48 Å². The molecule has 0 amide bonds. The van der Waals surface area contributed by atoms with Crippen molar-refractivity contribution in [2.45, 2.75) is 97.8 Å². The van der Waals surface area contributed by atoms with Crippen LogP contribution in [0.25, 0.3) is 0 Å². The molecule has 0 aromatic rings. The highest BCUT2D eigenvalue weighted by Crippen LogP contribution is 2.10. The van der Waals surface area contributed by atoms with Crippen LogP contribution in [0.2, 0.25) is 0 Å². The molecule has 0 aromatic heterocycles. The number of hydrogen-bond acceptors (Lipinski definition) is 2. The molecule has 140 valence electrons.